The molecule has 0 unspecified atom stereocenters. The van der Waals surface area contributed by atoms with Crippen LogP contribution in [0.15, 0.2) is 126 Å². The minimum Gasteiger partial charge on any atom is -0.359 e. The van der Waals surface area contributed by atoms with Crippen molar-refractivity contribution in [3.8, 4) is 0 Å². The lowest BCUT2D eigenvalue weighted by Gasteiger charge is -2.12. The number of benzene rings is 4. The molecule has 4 aromatic rings. The molecule has 0 aliphatic heterocycles. The maximum atomic E-state index is 4.79. The van der Waals surface area contributed by atoms with Crippen molar-refractivity contribution in [3.05, 3.63) is 132 Å². The summed E-state index contributed by atoms with van der Waals surface area (Å²) in [5.74, 6) is 0. The van der Waals surface area contributed by atoms with Crippen LogP contribution in [0.3, 0.4) is 0 Å². The number of anilines is 1. The molecule has 4 aromatic carbocycles. The van der Waals surface area contributed by atoms with Gasteiger partial charge in [0.05, 0.1) is 5.69 Å². The monoisotopic (exact) mass is 456 g/mol. The predicted molar refractivity (Wildman–Crippen MR) is 155 cm³/mol. The van der Waals surface area contributed by atoms with Gasteiger partial charge in [-0.25, -0.2) is 0 Å². The van der Waals surface area contributed by atoms with Crippen molar-refractivity contribution in [2.75, 3.05) is 5.32 Å². The highest BCUT2D eigenvalue weighted by Crippen LogP contribution is 2.28. The van der Waals surface area contributed by atoms with Crippen LogP contribution in [0, 0.1) is 13.8 Å². The summed E-state index contributed by atoms with van der Waals surface area (Å²) in [7, 11) is 0. The van der Waals surface area contributed by atoms with Crippen LogP contribution in [0.25, 0.3) is 21.5 Å². The average molecular weight is 457 g/mol. The first-order valence-corrected chi connectivity index (χ1v) is 12.0. The summed E-state index contributed by atoms with van der Waals surface area (Å²) in [6.45, 7) is 8.41. The zero-order chi connectivity index (χ0) is 24.6. The topological polar surface area (TPSA) is 24.4 Å². The number of nitrogens with zero attached hydrogens (tertiary/aromatic N) is 1. The number of fused-ring (bicyclic) bond motifs is 2. The maximum absolute atomic E-state index is 4.79. The minimum absolute atomic E-state index is 0.975. The van der Waals surface area contributed by atoms with E-state index in [-0.39, 0.29) is 0 Å². The Hall–Kier alpha value is -4.17. The quantitative estimate of drug-likeness (QED) is 0.217. The van der Waals surface area contributed by atoms with Crippen LogP contribution in [0.2, 0.25) is 0 Å². The third-order valence-corrected chi connectivity index (χ3v) is 6.12. The fourth-order valence-corrected chi connectivity index (χ4v) is 4.17. The van der Waals surface area contributed by atoms with Gasteiger partial charge in [-0.1, -0.05) is 91.0 Å². The van der Waals surface area contributed by atoms with Crippen molar-refractivity contribution in [2.24, 2.45) is 4.99 Å². The van der Waals surface area contributed by atoms with Gasteiger partial charge in [-0.15, -0.1) is 0 Å². The molecule has 0 aromatic heterocycles. The second kappa shape index (κ2) is 11.3. The predicted octanol–water partition coefficient (Wildman–Crippen LogP) is 9.39. The van der Waals surface area contributed by atoms with Gasteiger partial charge in [0.25, 0.3) is 0 Å². The summed E-state index contributed by atoms with van der Waals surface area (Å²) >= 11 is 0. The van der Waals surface area contributed by atoms with E-state index in [0.717, 1.165) is 22.8 Å². The molecule has 2 nitrogen and oxygen atoms in total. The molecule has 0 saturated carbocycles. The first-order valence-electron chi connectivity index (χ1n) is 12.0. The number of hydrogen-bond acceptors (Lipinski definition) is 2. The first-order chi connectivity index (χ1) is 17.0. The lowest BCUT2D eigenvalue weighted by Crippen LogP contribution is -1.97. The van der Waals surface area contributed by atoms with Crippen molar-refractivity contribution in [1.29, 1.82) is 0 Å². The number of nitrogens with one attached hydrogen (secondary N) is 1. The first kappa shape index (κ1) is 24.0. The van der Waals surface area contributed by atoms with E-state index in [4.69, 9.17) is 4.99 Å². The van der Waals surface area contributed by atoms with Gasteiger partial charge < -0.3 is 5.32 Å². The van der Waals surface area contributed by atoms with Gasteiger partial charge in [-0.3, -0.25) is 4.99 Å². The van der Waals surface area contributed by atoms with Gasteiger partial charge >= 0.3 is 0 Å². The summed E-state index contributed by atoms with van der Waals surface area (Å²) in [5, 5.41) is 8.57. The van der Waals surface area contributed by atoms with E-state index in [9.17, 15) is 0 Å². The van der Waals surface area contributed by atoms with Gasteiger partial charge in [0.2, 0.25) is 0 Å². The summed E-state index contributed by atoms with van der Waals surface area (Å²) in [5.41, 5.74) is 6.70. The Kier molecular flexibility index (Phi) is 7.74. The third-order valence-electron chi connectivity index (χ3n) is 6.12. The van der Waals surface area contributed by atoms with Gasteiger partial charge in [-0.05, 0) is 84.7 Å². The highest BCUT2D eigenvalue weighted by molar-refractivity contribution is 5.97. The summed E-state index contributed by atoms with van der Waals surface area (Å²) in [4.78, 5) is 4.79. The highest BCUT2D eigenvalue weighted by atomic mass is 14.9. The Labute approximate surface area is 208 Å². The molecule has 4 rings (SSSR count). The van der Waals surface area contributed by atoms with Crippen molar-refractivity contribution < 1.29 is 0 Å². The number of aliphatic imine (C=N–C) groups is 1. The molecule has 0 heterocycles. The fourth-order valence-electron chi connectivity index (χ4n) is 4.17. The Morgan fingerprint density at radius 3 is 2.00 bits per heavy atom. The molecule has 0 amide bonds. The van der Waals surface area contributed by atoms with E-state index in [1.54, 1.807) is 0 Å². The van der Waals surface area contributed by atoms with Crippen LogP contribution in [-0.2, 0) is 0 Å². The van der Waals surface area contributed by atoms with E-state index in [1.807, 2.05) is 43.4 Å². The molecule has 1 N–H and O–H groups in total. The van der Waals surface area contributed by atoms with Crippen LogP contribution < -0.4 is 5.32 Å². The van der Waals surface area contributed by atoms with Crippen molar-refractivity contribution in [1.82, 2.24) is 0 Å². The van der Waals surface area contributed by atoms with Crippen molar-refractivity contribution in [3.63, 3.8) is 0 Å². The largest absolute Gasteiger partial charge is 0.359 e. The molecular formula is C33H32N2. The molecular weight excluding hydrogens is 424 g/mol. The maximum Gasteiger partial charge on any atom is 0.0668 e. The van der Waals surface area contributed by atoms with Crippen LogP contribution in [-0.4, -0.2) is 5.71 Å². The minimum atomic E-state index is 0.975. The second-order valence-electron chi connectivity index (χ2n) is 8.75. The molecule has 0 atom stereocenters. The van der Waals surface area contributed by atoms with Crippen molar-refractivity contribution >= 4 is 38.6 Å². The molecule has 35 heavy (non-hydrogen) atoms. The van der Waals surface area contributed by atoms with Gasteiger partial charge in [0.1, 0.15) is 0 Å². The van der Waals surface area contributed by atoms with E-state index < -0.39 is 0 Å². The average Bonchev–Trinajstić information content (AvgIpc) is 2.87. The molecule has 174 valence electrons. The summed E-state index contributed by atoms with van der Waals surface area (Å²) in [6, 6.07) is 25.4. The number of rotatable bonds is 7. The van der Waals surface area contributed by atoms with Crippen LogP contribution in [0.5, 0.6) is 0 Å². The zero-order valence-electron chi connectivity index (χ0n) is 20.9. The normalized spacial score (nSPS) is 13.1. The molecule has 0 bridgehead atoms. The zero-order valence-corrected chi connectivity index (χ0v) is 20.9. The van der Waals surface area contributed by atoms with E-state index >= 15 is 0 Å². The van der Waals surface area contributed by atoms with Crippen LogP contribution in [0.4, 0.5) is 11.4 Å². The Balaban J connectivity index is 1.34. The van der Waals surface area contributed by atoms with Gasteiger partial charge in [0.15, 0.2) is 0 Å². The number of aryl methyl sites for hydroxylation is 2. The highest BCUT2D eigenvalue weighted by Gasteiger charge is 2.03. The van der Waals surface area contributed by atoms with Crippen LogP contribution in [0.1, 0.15) is 25.0 Å². The molecule has 0 saturated heterocycles. The molecule has 0 radical (unpaired) electrons. The van der Waals surface area contributed by atoms with E-state index in [0.29, 0.717) is 0 Å². The molecule has 2 heteroatoms. The Morgan fingerprint density at radius 2 is 1.26 bits per heavy atom. The molecule has 0 spiro atoms. The van der Waals surface area contributed by atoms with E-state index in [1.165, 1.54) is 32.7 Å². The molecule has 0 aliphatic rings. The Morgan fingerprint density at radius 1 is 0.657 bits per heavy atom. The van der Waals surface area contributed by atoms with Gasteiger partial charge in [0, 0.05) is 17.1 Å². The Bertz CT molecular complexity index is 1500. The smallest absolute Gasteiger partial charge is 0.0668 e. The summed E-state index contributed by atoms with van der Waals surface area (Å²) in [6.07, 6.45) is 14.3. The van der Waals surface area contributed by atoms with E-state index in [2.05, 4.69) is 105 Å². The number of hydrogen-bond donors (Lipinski definition) is 1. The second-order valence-corrected chi connectivity index (χ2v) is 8.75. The lowest BCUT2D eigenvalue weighted by molar-refractivity contribution is 1.35. The standard InChI is InChI=1S/C33H32N2/c1-24(34-32-22-20-28-16-10-12-18-30(28)26(32)3)14-8-6-5-7-9-15-25(2)35-33-23-21-29-17-11-13-19-31(29)27(33)4/h5-23,34H,1-4H3/b7-5+,8-6+,15-9+,24-14+,35-25?. The van der Waals surface area contributed by atoms with Crippen molar-refractivity contribution in [2.45, 2.75) is 27.7 Å². The van der Waals surface area contributed by atoms with Crippen LogP contribution >= 0.6 is 0 Å². The fraction of sp³-hybridized carbons (Fsp3) is 0.121. The van der Waals surface area contributed by atoms with Gasteiger partial charge in [-0.2, -0.15) is 0 Å². The molecule has 0 fully saturated rings. The summed E-state index contributed by atoms with van der Waals surface area (Å²) < 4.78 is 0. The lowest BCUT2D eigenvalue weighted by atomic mass is 10.0. The third kappa shape index (κ3) is 6.04. The number of allylic oxidation sites excluding steroid dienone is 8. The molecule has 0 aliphatic carbocycles. The SMILES string of the molecule is CC(/C=C/C=C/C=C/C=C(\C)Nc1ccc2ccccc2c1C)=Nc1ccc2ccccc2c1C.